The normalized spacial score (nSPS) is 24.9. The monoisotopic (exact) mass is 261 g/mol. The molecule has 19 heavy (non-hydrogen) atoms. The highest BCUT2D eigenvalue weighted by Gasteiger charge is 2.30. The van der Waals surface area contributed by atoms with E-state index in [9.17, 15) is 0 Å². The molecule has 2 aliphatic heterocycles. The van der Waals surface area contributed by atoms with Crippen molar-refractivity contribution >= 4 is 5.95 Å². The Morgan fingerprint density at radius 3 is 2.63 bits per heavy atom. The van der Waals surface area contributed by atoms with Crippen molar-refractivity contribution in [1.82, 2.24) is 9.97 Å². The van der Waals surface area contributed by atoms with Gasteiger partial charge in [0.1, 0.15) is 0 Å². The van der Waals surface area contributed by atoms with Gasteiger partial charge in [-0.3, -0.25) is 0 Å². The first-order valence-electron chi connectivity index (χ1n) is 7.41. The van der Waals surface area contributed by atoms with E-state index in [-0.39, 0.29) is 0 Å². The van der Waals surface area contributed by atoms with Gasteiger partial charge in [-0.2, -0.15) is 0 Å². The molecule has 3 heterocycles. The predicted octanol–water partition coefficient (Wildman–Crippen LogP) is 2.49. The van der Waals surface area contributed by atoms with E-state index in [0.717, 1.165) is 42.8 Å². The first-order chi connectivity index (χ1) is 9.24. The molecule has 104 valence electrons. The van der Waals surface area contributed by atoms with Crippen molar-refractivity contribution in [2.75, 3.05) is 24.6 Å². The molecule has 1 aromatic heterocycles. The first-order valence-corrected chi connectivity index (χ1v) is 7.41. The molecular weight excluding hydrogens is 238 g/mol. The SMILES string of the molecule is Cc1cnc(N2CCC(C3CCCO3)CC2)nc1C. The maximum atomic E-state index is 5.82. The van der Waals surface area contributed by atoms with Gasteiger partial charge in [0, 0.05) is 31.6 Å². The smallest absolute Gasteiger partial charge is 0.225 e. The molecule has 0 saturated carbocycles. The molecule has 0 N–H and O–H groups in total. The van der Waals surface area contributed by atoms with Gasteiger partial charge in [-0.25, -0.2) is 9.97 Å². The highest BCUT2D eigenvalue weighted by molar-refractivity contribution is 5.33. The summed E-state index contributed by atoms with van der Waals surface area (Å²) < 4.78 is 5.82. The molecule has 0 amide bonds. The second-order valence-corrected chi connectivity index (χ2v) is 5.81. The number of ether oxygens (including phenoxy) is 1. The van der Waals surface area contributed by atoms with Crippen molar-refractivity contribution in [3.63, 3.8) is 0 Å². The Kier molecular flexibility index (Phi) is 3.69. The van der Waals surface area contributed by atoms with Crippen molar-refractivity contribution in [3.8, 4) is 0 Å². The summed E-state index contributed by atoms with van der Waals surface area (Å²) in [5.74, 6) is 1.64. The van der Waals surface area contributed by atoms with Crippen LogP contribution in [-0.2, 0) is 4.74 Å². The van der Waals surface area contributed by atoms with E-state index in [1.807, 2.05) is 6.20 Å². The first kappa shape index (κ1) is 12.9. The van der Waals surface area contributed by atoms with Gasteiger partial charge >= 0.3 is 0 Å². The number of nitrogens with zero attached hydrogens (tertiary/aromatic N) is 3. The second-order valence-electron chi connectivity index (χ2n) is 5.81. The lowest BCUT2D eigenvalue weighted by Gasteiger charge is -2.34. The maximum Gasteiger partial charge on any atom is 0.225 e. The summed E-state index contributed by atoms with van der Waals surface area (Å²) in [6.45, 7) is 7.20. The molecule has 1 aromatic rings. The molecule has 0 radical (unpaired) electrons. The van der Waals surface area contributed by atoms with E-state index in [4.69, 9.17) is 4.74 Å². The minimum Gasteiger partial charge on any atom is -0.378 e. The largest absolute Gasteiger partial charge is 0.378 e. The Morgan fingerprint density at radius 1 is 1.21 bits per heavy atom. The number of aromatic nitrogens is 2. The lowest BCUT2D eigenvalue weighted by molar-refractivity contribution is 0.0530. The fourth-order valence-electron chi connectivity index (χ4n) is 3.11. The zero-order chi connectivity index (χ0) is 13.2. The van der Waals surface area contributed by atoms with E-state index >= 15 is 0 Å². The zero-order valence-electron chi connectivity index (χ0n) is 11.9. The number of aryl methyl sites for hydroxylation is 2. The topological polar surface area (TPSA) is 38.2 Å². The third-order valence-electron chi connectivity index (χ3n) is 4.53. The van der Waals surface area contributed by atoms with Crippen LogP contribution in [0.15, 0.2) is 6.20 Å². The average Bonchev–Trinajstić information content (AvgIpc) is 2.96. The summed E-state index contributed by atoms with van der Waals surface area (Å²) in [5, 5.41) is 0. The Morgan fingerprint density at radius 2 is 2.00 bits per heavy atom. The van der Waals surface area contributed by atoms with Crippen molar-refractivity contribution in [1.29, 1.82) is 0 Å². The maximum absolute atomic E-state index is 5.82. The minimum absolute atomic E-state index is 0.517. The van der Waals surface area contributed by atoms with Crippen LogP contribution in [0.2, 0.25) is 0 Å². The predicted molar refractivity (Wildman–Crippen MR) is 75.4 cm³/mol. The van der Waals surface area contributed by atoms with E-state index in [1.165, 1.54) is 25.7 Å². The Balaban J connectivity index is 1.61. The Bertz CT molecular complexity index is 435. The van der Waals surface area contributed by atoms with Crippen LogP contribution in [-0.4, -0.2) is 35.8 Å². The summed E-state index contributed by atoms with van der Waals surface area (Å²) in [7, 11) is 0. The molecular formula is C15H23N3O. The van der Waals surface area contributed by atoms with Crippen molar-refractivity contribution < 1.29 is 4.74 Å². The molecule has 3 rings (SSSR count). The minimum atomic E-state index is 0.517. The van der Waals surface area contributed by atoms with Gasteiger partial charge in [0.2, 0.25) is 5.95 Å². The number of hydrogen-bond acceptors (Lipinski definition) is 4. The molecule has 4 heteroatoms. The highest BCUT2D eigenvalue weighted by atomic mass is 16.5. The van der Waals surface area contributed by atoms with Gasteiger partial charge in [-0.05, 0) is 51.0 Å². The molecule has 1 atom stereocenters. The second kappa shape index (κ2) is 5.45. The summed E-state index contributed by atoms with van der Waals surface area (Å²) in [5.41, 5.74) is 2.25. The molecule has 1 unspecified atom stereocenters. The lowest BCUT2D eigenvalue weighted by atomic mass is 9.90. The van der Waals surface area contributed by atoms with Crippen LogP contribution in [0.1, 0.15) is 36.9 Å². The molecule has 2 aliphatic rings. The van der Waals surface area contributed by atoms with Crippen molar-refractivity contribution in [3.05, 3.63) is 17.5 Å². The van der Waals surface area contributed by atoms with E-state index in [2.05, 4.69) is 28.7 Å². The van der Waals surface area contributed by atoms with Crippen LogP contribution >= 0.6 is 0 Å². The van der Waals surface area contributed by atoms with Crippen LogP contribution in [0.3, 0.4) is 0 Å². The van der Waals surface area contributed by atoms with E-state index in [0.29, 0.717) is 6.10 Å². The van der Waals surface area contributed by atoms with Gasteiger partial charge in [0.25, 0.3) is 0 Å². The number of rotatable bonds is 2. The van der Waals surface area contributed by atoms with Crippen LogP contribution in [0.25, 0.3) is 0 Å². The number of piperidine rings is 1. The van der Waals surface area contributed by atoms with Crippen LogP contribution in [0.4, 0.5) is 5.95 Å². The van der Waals surface area contributed by atoms with E-state index in [1.54, 1.807) is 0 Å². The standard InChI is InChI=1S/C15H23N3O/c1-11-10-16-15(17-12(11)2)18-7-5-13(6-8-18)14-4-3-9-19-14/h10,13-14H,3-9H2,1-2H3. The van der Waals surface area contributed by atoms with E-state index < -0.39 is 0 Å². The Hall–Kier alpha value is -1.16. The quantitative estimate of drug-likeness (QED) is 0.820. The van der Waals surface area contributed by atoms with Gasteiger partial charge in [0.05, 0.1) is 6.10 Å². The third-order valence-corrected chi connectivity index (χ3v) is 4.53. The van der Waals surface area contributed by atoms with Crippen LogP contribution < -0.4 is 4.90 Å². The lowest BCUT2D eigenvalue weighted by Crippen LogP contribution is -2.38. The Labute approximate surface area is 115 Å². The fourth-order valence-corrected chi connectivity index (χ4v) is 3.11. The molecule has 0 bridgehead atoms. The molecule has 0 spiro atoms. The highest BCUT2D eigenvalue weighted by Crippen LogP contribution is 2.29. The third kappa shape index (κ3) is 2.73. The average molecular weight is 261 g/mol. The van der Waals surface area contributed by atoms with Crippen LogP contribution in [0.5, 0.6) is 0 Å². The summed E-state index contributed by atoms with van der Waals surface area (Å²) >= 11 is 0. The molecule has 0 aliphatic carbocycles. The number of hydrogen-bond donors (Lipinski definition) is 0. The van der Waals surface area contributed by atoms with Gasteiger partial charge in [0.15, 0.2) is 0 Å². The molecule has 2 saturated heterocycles. The van der Waals surface area contributed by atoms with Gasteiger partial charge in [-0.15, -0.1) is 0 Å². The zero-order valence-corrected chi connectivity index (χ0v) is 11.9. The number of anilines is 1. The van der Waals surface area contributed by atoms with Gasteiger partial charge in [-0.1, -0.05) is 0 Å². The molecule has 2 fully saturated rings. The summed E-state index contributed by atoms with van der Waals surface area (Å²) in [4.78, 5) is 11.4. The molecule has 0 aromatic carbocycles. The van der Waals surface area contributed by atoms with Crippen molar-refractivity contribution in [2.45, 2.75) is 45.6 Å². The fraction of sp³-hybridized carbons (Fsp3) is 0.733. The summed E-state index contributed by atoms with van der Waals surface area (Å²) in [6.07, 6.45) is 7.37. The van der Waals surface area contributed by atoms with Gasteiger partial charge < -0.3 is 9.64 Å². The summed E-state index contributed by atoms with van der Waals surface area (Å²) in [6, 6.07) is 0. The molecule has 4 nitrogen and oxygen atoms in total. The van der Waals surface area contributed by atoms with Crippen LogP contribution in [0, 0.1) is 19.8 Å². The van der Waals surface area contributed by atoms with Crippen molar-refractivity contribution in [2.24, 2.45) is 5.92 Å².